The van der Waals surface area contributed by atoms with Crippen LogP contribution in [0.2, 0.25) is 0 Å². The van der Waals surface area contributed by atoms with Gasteiger partial charge in [-0.15, -0.1) is 10.2 Å². The molecule has 2 amide bonds. The van der Waals surface area contributed by atoms with Gasteiger partial charge in [-0.05, 0) is 83.6 Å². The molecule has 0 saturated carbocycles. The Hall–Kier alpha value is -3.38. The third-order valence-electron chi connectivity index (χ3n) is 6.08. The van der Waals surface area contributed by atoms with E-state index in [2.05, 4.69) is 55.6 Å². The third kappa shape index (κ3) is 6.54. The maximum atomic E-state index is 12.7. The van der Waals surface area contributed by atoms with Crippen LogP contribution in [0.25, 0.3) is 5.69 Å². The third-order valence-corrected chi connectivity index (χ3v) is 7.73. The van der Waals surface area contributed by atoms with E-state index in [1.54, 1.807) is 4.90 Å². The lowest BCUT2D eigenvalue weighted by Crippen LogP contribution is -2.23. The second kappa shape index (κ2) is 12.4. The minimum atomic E-state index is -0.0891. The molecule has 1 fully saturated rings. The molecule has 0 radical (unpaired) electrons. The second-order valence-electron chi connectivity index (χ2n) is 8.78. The van der Waals surface area contributed by atoms with Gasteiger partial charge >= 0.3 is 0 Å². The Balaban J connectivity index is 1.21. The number of hydrogen-bond donors (Lipinski definition) is 2. The molecule has 4 aromatic rings. The van der Waals surface area contributed by atoms with Crippen LogP contribution in [0.3, 0.4) is 0 Å². The summed E-state index contributed by atoms with van der Waals surface area (Å²) in [5.74, 6) is 1.37. The highest BCUT2D eigenvalue weighted by Gasteiger charge is 2.22. The number of amides is 2. The van der Waals surface area contributed by atoms with Crippen molar-refractivity contribution >= 4 is 63.2 Å². The van der Waals surface area contributed by atoms with Gasteiger partial charge < -0.3 is 15.5 Å². The number of benzene rings is 3. The number of para-hydroxylation sites is 1. The van der Waals surface area contributed by atoms with Crippen molar-refractivity contribution in [2.24, 2.45) is 0 Å². The Morgan fingerprint density at radius 3 is 2.50 bits per heavy atom. The van der Waals surface area contributed by atoms with E-state index in [9.17, 15) is 9.59 Å². The lowest BCUT2D eigenvalue weighted by atomic mass is 10.2. The van der Waals surface area contributed by atoms with Gasteiger partial charge in [0.2, 0.25) is 11.8 Å². The minimum Gasteiger partial charge on any atom is -0.378 e. The number of halogens is 1. The predicted octanol–water partition coefficient (Wildman–Crippen LogP) is 5.73. The topological polar surface area (TPSA) is 92.2 Å². The minimum absolute atomic E-state index is 0.0891. The molecule has 3 aromatic carbocycles. The maximum Gasteiger partial charge on any atom is 0.227 e. The van der Waals surface area contributed by atoms with E-state index >= 15 is 0 Å². The molecule has 5 rings (SSSR count). The summed E-state index contributed by atoms with van der Waals surface area (Å²) in [6, 6.07) is 25.6. The van der Waals surface area contributed by atoms with Gasteiger partial charge in [0.05, 0.1) is 6.54 Å². The predicted molar refractivity (Wildman–Crippen MR) is 160 cm³/mol. The molecule has 0 aliphatic carbocycles. The van der Waals surface area contributed by atoms with E-state index in [0.29, 0.717) is 30.8 Å². The number of nitrogens with zero attached hydrogens (tertiary/aromatic N) is 4. The Kier molecular flexibility index (Phi) is 8.59. The molecule has 1 aliphatic rings. The fourth-order valence-electron chi connectivity index (χ4n) is 4.22. The maximum absolute atomic E-state index is 12.7. The molecule has 0 atom stereocenters. The van der Waals surface area contributed by atoms with Crippen LogP contribution in [0.4, 0.5) is 17.1 Å². The van der Waals surface area contributed by atoms with Crippen LogP contribution in [0.1, 0.15) is 25.1 Å². The van der Waals surface area contributed by atoms with E-state index in [-0.39, 0.29) is 11.8 Å². The standard InChI is InChI=1S/C28H27IN6O2S/c29-20-11-13-21(14-12-20)30-19-25-32-33-28(35(25)23-7-2-1-3-8-23)38-17-15-26(36)31-22-6-4-9-24(18-22)34-16-5-10-27(34)37/h1-4,6-9,11-14,18,30H,5,10,15-17,19H2,(H,31,36). The fourth-order valence-corrected chi connectivity index (χ4v) is 5.49. The summed E-state index contributed by atoms with van der Waals surface area (Å²) in [5, 5.41) is 16.0. The first-order valence-corrected chi connectivity index (χ1v) is 14.5. The average molecular weight is 639 g/mol. The number of hydrogen-bond acceptors (Lipinski definition) is 6. The SMILES string of the molecule is O=C(CCSc1nnc(CNc2ccc(I)cc2)n1-c1ccccc1)Nc1cccc(N2CCCC2=O)c1. The molecular weight excluding hydrogens is 611 g/mol. The van der Waals surface area contributed by atoms with Crippen LogP contribution in [0.15, 0.2) is 84.0 Å². The first-order chi connectivity index (χ1) is 18.6. The van der Waals surface area contributed by atoms with Gasteiger partial charge in [-0.3, -0.25) is 14.2 Å². The van der Waals surface area contributed by atoms with Gasteiger partial charge in [0, 0.05) is 51.5 Å². The summed E-state index contributed by atoms with van der Waals surface area (Å²) in [5.41, 5.74) is 3.49. The summed E-state index contributed by atoms with van der Waals surface area (Å²) >= 11 is 3.78. The zero-order valence-electron chi connectivity index (χ0n) is 20.6. The van der Waals surface area contributed by atoms with Crippen molar-refractivity contribution < 1.29 is 9.59 Å². The Morgan fingerprint density at radius 1 is 0.947 bits per heavy atom. The van der Waals surface area contributed by atoms with Crippen LogP contribution in [0, 0.1) is 3.57 Å². The van der Waals surface area contributed by atoms with E-state index < -0.39 is 0 Å². The van der Waals surface area contributed by atoms with Gasteiger partial charge in [-0.1, -0.05) is 36.0 Å². The van der Waals surface area contributed by atoms with E-state index in [1.807, 2.05) is 71.3 Å². The van der Waals surface area contributed by atoms with Gasteiger partial charge in [-0.2, -0.15) is 0 Å². The fraction of sp³-hybridized carbons (Fsp3) is 0.214. The molecular formula is C28H27IN6O2S. The summed E-state index contributed by atoms with van der Waals surface area (Å²) in [6.45, 7) is 1.23. The molecule has 0 spiro atoms. The first-order valence-electron chi connectivity index (χ1n) is 12.4. The number of rotatable bonds is 10. The summed E-state index contributed by atoms with van der Waals surface area (Å²) in [6.07, 6.45) is 1.75. The largest absolute Gasteiger partial charge is 0.378 e. The average Bonchev–Trinajstić information content (AvgIpc) is 3.55. The molecule has 1 aliphatic heterocycles. The number of carbonyl (C=O) groups is 2. The Bertz CT molecular complexity index is 1410. The van der Waals surface area contributed by atoms with Crippen molar-refractivity contribution in [3.63, 3.8) is 0 Å². The summed E-state index contributed by atoms with van der Waals surface area (Å²) < 4.78 is 3.21. The van der Waals surface area contributed by atoms with Crippen molar-refractivity contribution in [1.29, 1.82) is 0 Å². The summed E-state index contributed by atoms with van der Waals surface area (Å²) in [7, 11) is 0. The highest BCUT2D eigenvalue weighted by Crippen LogP contribution is 2.26. The van der Waals surface area contributed by atoms with Crippen LogP contribution >= 0.6 is 34.4 Å². The zero-order valence-corrected chi connectivity index (χ0v) is 23.6. The van der Waals surface area contributed by atoms with Gasteiger partial charge in [0.15, 0.2) is 11.0 Å². The van der Waals surface area contributed by atoms with Crippen LogP contribution in [-0.4, -0.2) is 38.9 Å². The molecule has 1 aromatic heterocycles. The van der Waals surface area contributed by atoms with Crippen molar-refractivity contribution in [2.75, 3.05) is 27.8 Å². The monoisotopic (exact) mass is 638 g/mol. The lowest BCUT2D eigenvalue weighted by molar-refractivity contribution is -0.117. The molecule has 38 heavy (non-hydrogen) atoms. The highest BCUT2D eigenvalue weighted by atomic mass is 127. The smallest absolute Gasteiger partial charge is 0.227 e. The molecule has 8 nitrogen and oxygen atoms in total. The number of anilines is 3. The molecule has 2 heterocycles. The first kappa shape index (κ1) is 26.2. The molecule has 10 heteroatoms. The number of thioether (sulfide) groups is 1. The quantitative estimate of drug-likeness (QED) is 0.170. The second-order valence-corrected chi connectivity index (χ2v) is 11.1. The van der Waals surface area contributed by atoms with Gasteiger partial charge in [0.1, 0.15) is 0 Å². The van der Waals surface area contributed by atoms with E-state index in [1.165, 1.54) is 15.3 Å². The van der Waals surface area contributed by atoms with E-state index in [0.717, 1.165) is 41.0 Å². The van der Waals surface area contributed by atoms with Crippen molar-refractivity contribution in [3.05, 3.63) is 88.3 Å². The number of aromatic nitrogens is 3. The number of nitrogens with one attached hydrogen (secondary N) is 2. The lowest BCUT2D eigenvalue weighted by Gasteiger charge is -2.16. The molecule has 0 bridgehead atoms. The van der Waals surface area contributed by atoms with Crippen LogP contribution in [-0.2, 0) is 16.1 Å². The van der Waals surface area contributed by atoms with Crippen LogP contribution in [0.5, 0.6) is 0 Å². The van der Waals surface area contributed by atoms with Crippen molar-refractivity contribution in [3.8, 4) is 5.69 Å². The molecule has 1 saturated heterocycles. The Morgan fingerprint density at radius 2 is 1.74 bits per heavy atom. The molecule has 0 unspecified atom stereocenters. The van der Waals surface area contributed by atoms with Crippen molar-refractivity contribution in [1.82, 2.24) is 14.8 Å². The highest BCUT2D eigenvalue weighted by molar-refractivity contribution is 14.1. The normalized spacial score (nSPS) is 13.1. The number of carbonyl (C=O) groups excluding carboxylic acids is 2. The van der Waals surface area contributed by atoms with Gasteiger partial charge in [0.25, 0.3) is 0 Å². The molecule has 2 N–H and O–H groups in total. The Labute approximate surface area is 239 Å². The van der Waals surface area contributed by atoms with Crippen LogP contribution < -0.4 is 15.5 Å². The van der Waals surface area contributed by atoms with Gasteiger partial charge in [-0.25, -0.2) is 0 Å². The summed E-state index contributed by atoms with van der Waals surface area (Å²) in [4.78, 5) is 26.5. The van der Waals surface area contributed by atoms with Crippen molar-refractivity contribution in [2.45, 2.75) is 31.0 Å². The zero-order chi connectivity index (χ0) is 26.3. The molecule has 194 valence electrons. The van der Waals surface area contributed by atoms with E-state index in [4.69, 9.17) is 0 Å².